The van der Waals surface area contributed by atoms with Gasteiger partial charge in [0.25, 0.3) is 0 Å². The van der Waals surface area contributed by atoms with Crippen LogP contribution in [0.1, 0.15) is 24.5 Å². The number of hydrogen-bond acceptors (Lipinski definition) is 3. The molecular weight excluding hydrogens is 164 g/mol. The van der Waals surface area contributed by atoms with Crippen molar-refractivity contribution in [2.45, 2.75) is 18.8 Å². The second-order valence-electron chi connectivity index (χ2n) is 3.75. The van der Waals surface area contributed by atoms with Crippen molar-refractivity contribution >= 4 is 0 Å². The SMILES string of the molecule is Cn1ccc([C@@H]2CCCN(N)C2)n1. The summed E-state index contributed by atoms with van der Waals surface area (Å²) in [5.74, 6) is 6.30. The van der Waals surface area contributed by atoms with Crippen molar-refractivity contribution in [2.24, 2.45) is 12.9 Å². The smallest absolute Gasteiger partial charge is 0.0668 e. The Kier molecular flexibility index (Phi) is 2.33. The zero-order chi connectivity index (χ0) is 9.26. The van der Waals surface area contributed by atoms with Crippen LogP contribution in [-0.2, 0) is 7.05 Å². The maximum absolute atomic E-state index is 5.77. The van der Waals surface area contributed by atoms with Gasteiger partial charge in [-0.3, -0.25) is 10.5 Å². The van der Waals surface area contributed by atoms with E-state index in [0.29, 0.717) is 5.92 Å². The maximum atomic E-state index is 5.77. The molecule has 0 saturated carbocycles. The van der Waals surface area contributed by atoms with Crippen molar-refractivity contribution in [2.75, 3.05) is 13.1 Å². The Bertz CT molecular complexity index is 281. The van der Waals surface area contributed by atoms with Gasteiger partial charge in [-0.15, -0.1) is 0 Å². The van der Waals surface area contributed by atoms with Gasteiger partial charge < -0.3 is 0 Å². The molecule has 0 amide bonds. The molecule has 2 N–H and O–H groups in total. The molecule has 1 atom stereocenters. The summed E-state index contributed by atoms with van der Waals surface area (Å²) in [7, 11) is 1.95. The van der Waals surface area contributed by atoms with Crippen molar-refractivity contribution in [1.29, 1.82) is 0 Å². The van der Waals surface area contributed by atoms with Gasteiger partial charge in [-0.25, -0.2) is 5.01 Å². The van der Waals surface area contributed by atoms with Crippen LogP contribution in [0.2, 0.25) is 0 Å². The predicted octanol–water partition coefficient (Wildman–Crippen LogP) is 0.473. The Hall–Kier alpha value is -0.870. The minimum absolute atomic E-state index is 0.528. The normalized spacial score (nSPS) is 24.9. The van der Waals surface area contributed by atoms with Crippen LogP contribution in [0.4, 0.5) is 0 Å². The highest BCUT2D eigenvalue weighted by Crippen LogP contribution is 2.23. The first kappa shape index (κ1) is 8.72. The van der Waals surface area contributed by atoms with Crippen molar-refractivity contribution < 1.29 is 0 Å². The van der Waals surface area contributed by atoms with E-state index in [9.17, 15) is 0 Å². The number of hydrogen-bond donors (Lipinski definition) is 1. The number of aryl methyl sites for hydroxylation is 1. The number of rotatable bonds is 1. The third kappa shape index (κ3) is 1.89. The quantitative estimate of drug-likeness (QED) is 0.639. The predicted molar refractivity (Wildman–Crippen MR) is 50.9 cm³/mol. The molecule has 1 aromatic rings. The van der Waals surface area contributed by atoms with E-state index in [4.69, 9.17) is 5.84 Å². The summed E-state index contributed by atoms with van der Waals surface area (Å²) < 4.78 is 1.85. The summed E-state index contributed by atoms with van der Waals surface area (Å²) in [5.41, 5.74) is 1.18. The summed E-state index contributed by atoms with van der Waals surface area (Å²) in [4.78, 5) is 0. The van der Waals surface area contributed by atoms with Crippen LogP contribution in [-0.4, -0.2) is 27.9 Å². The van der Waals surface area contributed by atoms with Crippen LogP contribution in [0.5, 0.6) is 0 Å². The lowest BCUT2D eigenvalue weighted by molar-refractivity contribution is 0.210. The van der Waals surface area contributed by atoms with Crippen LogP contribution in [0.25, 0.3) is 0 Å². The molecule has 72 valence electrons. The third-order valence-corrected chi connectivity index (χ3v) is 2.61. The van der Waals surface area contributed by atoms with Gasteiger partial charge in [0.2, 0.25) is 0 Å². The number of hydrazine groups is 1. The minimum atomic E-state index is 0.528. The second kappa shape index (κ2) is 3.47. The van der Waals surface area contributed by atoms with Crippen molar-refractivity contribution in [3.63, 3.8) is 0 Å². The average molecular weight is 180 g/mol. The largest absolute Gasteiger partial charge is 0.276 e. The van der Waals surface area contributed by atoms with Gasteiger partial charge in [0.05, 0.1) is 5.69 Å². The van der Waals surface area contributed by atoms with Crippen LogP contribution in [0, 0.1) is 0 Å². The standard InChI is InChI=1S/C9H16N4/c1-12-6-4-9(11-12)8-3-2-5-13(10)7-8/h4,6,8H,2-3,5,7,10H2,1H3/t8-/m1/s1. The molecule has 13 heavy (non-hydrogen) atoms. The molecule has 4 heteroatoms. The molecule has 1 fully saturated rings. The summed E-state index contributed by atoms with van der Waals surface area (Å²) in [6, 6.07) is 2.09. The molecule has 4 nitrogen and oxygen atoms in total. The lowest BCUT2D eigenvalue weighted by Crippen LogP contribution is -2.39. The van der Waals surface area contributed by atoms with Crippen LogP contribution in [0.3, 0.4) is 0 Å². The first-order valence-electron chi connectivity index (χ1n) is 4.75. The van der Waals surface area contributed by atoms with Gasteiger partial charge in [-0.05, 0) is 18.9 Å². The van der Waals surface area contributed by atoms with E-state index >= 15 is 0 Å². The highest BCUT2D eigenvalue weighted by Gasteiger charge is 2.20. The molecule has 1 aliphatic rings. The van der Waals surface area contributed by atoms with E-state index in [1.165, 1.54) is 18.5 Å². The Morgan fingerprint density at radius 2 is 2.46 bits per heavy atom. The minimum Gasteiger partial charge on any atom is -0.276 e. The lowest BCUT2D eigenvalue weighted by atomic mass is 9.96. The highest BCUT2D eigenvalue weighted by atomic mass is 15.4. The molecule has 0 unspecified atom stereocenters. The zero-order valence-corrected chi connectivity index (χ0v) is 7.98. The van der Waals surface area contributed by atoms with Gasteiger partial charge in [-0.1, -0.05) is 0 Å². The molecule has 0 spiro atoms. The Morgan fingerprint density at radius 1 is 1.62 bits per heavy atom. The van der Waals surface area contributed by atoms with E-state index in [0.717, 1.165) is 13.1 Å². The van der Waals surface area contributed by atoms with E-state index in [2.05, 4.69) is 11.2 Å². The summed E-state index contributed by atoms with van der Waals surface area (Å²) in [6.07, 6.45) is 4.38. The molecular formula is C9H16N4. The molecule has 2 heterocycles. The molecule has 1 saturated heterocycles. The summed E-state index contributed by atoms with van der Waals surface area (Å²) >= 11 is 0. The maximum Gasteiger partial charge on any atom is 0.0668 e. The fraction of sp³-hybridized carbons (Fsp3) is 0.667. The lowest BCUT2D eigenvalue weighted by Gasteiger charge is -2.27. The molecule has 1 aliphatic heterocycles. The van der Waals surface area contributed by atoms with Gasteiger partial charge >= 0.3 is 0 Å². The topological polar surface area (TPSA) is 47.1 Å². The summed E-state index contributed by atoms with van der Waals surface area (Å²) in [6.45, 7) is 1.96. The van der Waals surface area contributed by atoms with Crippen LogP contribution in [0.15, 0.2) is 12.3 Å². The number of aromatic nitrogens is 2. The Labute approximate surface area is 78.3 Å². The van der Waals surface area contributed by atoms with Crippen molar-refractivity contribution in [1.82, 2.24) is 14.8 Å². The number of piperidine rings is 1. The number of nitrogens with two attached hydrogens (primary N) is 1. The highest BCUT2D eigenvalue weighted by molar-refractivity contribution is 5.07. The molecule has 0 radical (unpaired) electrons. The van der Waals surface area contributed by atoms with Crippen molar-refractivity contribution in [3.05, 3.63) is 18.0 Å². The van der Waals surface area contributed by atoms with Gasteiger partial charge in [-0.2, -0.15) is 5.10 Å². The molecule has 0 aromatic carbocycles. The first-order valence-corrected chi connectivity index (χ1v) is 4.75. The zero-order valence-electron chi connectivity index (χ0n) is 7.98. The van der Waals surface area contributed by atoms with E-state index < -0.39 is 0 Å². The monoisotopic (exact) mass is 180 g/mol. The van der Waals surface area contributed by atoms with Gasteiger partial charge in [0.15, 0.2) is 0 Å². The fourth-order valence-corrected chi connectivity index (χ4v) is 1.90. The van der Waals surface area contributed by atoms with Crippen LogP contribution < -0.4 is 5.84 Å². The number of nitrogens with zero attached hydrogens (tertiary/aromatic N) is 3. The van der Waals surface area contributed by atoms with E-state index in [1.54, 1.807) is 0 Å². The second-order valence-corrected chi connectivity index (χ2v) is 3.75. The molecule has 2 rings (SSSR count). The fourth-order valence-electron chi connectivity index (χ4n) is 1.90. The first-order chi connectivity index (χ1) is 6.25. The van der Waals surface area contributed by atoms with Gasteiger partial charge in [0, 0.05) is 32.3 Å². The molecule has 0 bridgehead atoms. The van der Waals surface area contributed by atoms with E-state index in [1.807, 2.05) is 22.9 Å². The van der Waals surface area contributed by atoms with Crippen LogP contribution >= 0.6 is 0 Å². The average Bonchev–Trinajstić information content (AvgIpc) is 2.52. The molecule has 1 aromatic heterocycles. The third-order valence-electron chi connectivity index (χ3n) is 2.61. The van der Waals surface area contributed by atoms with Gasteiger partial charge in [0.1, 0.15) is 0 Å². The van der Waals surface area contributed by atoms with E-state index in [-0.39, 0.29) is 0 Å². The van der Waals surface area contributed by atoms with Crippen molar-refractivity contribution in [3.8, 4) is 0 Å². The summed E-state index contributed by atoms with van der Waals surface area (Å²) in [5, 5.41) is 6.29. The Balaban J connectivity index is 2.08. The molecule has 0 aliphatic carbocycles. The Morgan fingerprint density at radius 3 is 3.08 bits per heavy atom.